The van der Waals surface area contributed by atoms with E-state index in [1.54, 1.807) is 0 Å². The highest BCUT2D eigenvalue weighted by Crippen LogP contribution is 2.29. The first-order valence-corrected chi connectivity index (χ1v) is 7.55. The molecule has 1 rings (SSSR count). The van der Waals surface area contributed by atoms with Crippen molar-refractivity contribution in [1.82, 2.24) is 5.32 Å². The molecule has 0 aliphatic carbocycles. The number of rotatable bonds is 6. The van der Waals surface area contributed by atoms with Crippen molar-refractivity contribution in [3.05, 3.63) is 35.4 Å². The van der Waals surface area contributed by atoms with Crippen LogP contribution in [0.15, 0.2) is 24.3 Å². The molecule has 126 valence electrons. The summed E-state index contributed by atoms with van der Waals surface area (Å²) in [6.45, 7) is 5.51. The normalized spacial score (nSPS) is 14.2. The highest BCUT2D eigenvalue weighted by Gasteiger charge is 2.30. The molecule has 0 aromatic heterocycles. The standard InChI is InChI=1S/C17H21F3N2O/c1-4-13(16(23)22-15(10-21)11(2)3)9-12-5-7-14(8-6-12)17(18,19)20/h5-8,11,13,15H,4,9H2,1-3H3,(H,22,23)/t13?,15-/m1/s1. The van der Waals surface area contributed by atoms with E-state index < -0.39 is 17.8 Å². The third-order valence-electron chi connectivity index (χ3n) is 3.73. The zero-order valence-corrected chi connectivity index (χ0v) is 13.4. The molecule has 0 radical (unpaired) electrons. The van der Waals surface area contributed by atoms with E-state index in [1.165, 1.54) is 12.1 Å². The van der Waals surface area contributed by atoms with Gasteiger partial charge in [0.15, 0.2) is 0 Å². The van der Waals surface area contributed by atoms with Crippen molar-refractivity contribution in [2.24, 2.45) is 11.8 Å². The van der Waals surface area contributed by atoms with E-state index >= 15 is 0 Å². The minimum atomic E-state index is -4.36. The minimum Gasteiger partial charge on any atom is -0.340 e. The Bertz CT molecular complexity index is 559. The molecule has 1 aromatic carbocycles. The molecule has 0 spiro atoms. The van der Waals surface area contributed by atoms with Gasteiger partial charge < -0.3 is 5.32 Å². The van der Waals surface area contributed by atoms with Crippen LogP contribution < -0.4 is 5.32 Å². The zero-order valence-electron chi connectivity index (χ0n) is 13.4. The lowest BCUT2D eigenvalue weighted by Crippen LogP contribution is -2.41. The fourth-order valence-electron chi connectivity index (χ4n) is 2.16. The monoisotopic (exact) mass is 326 g/mol. The fourth-order valence-corrected chi connectivity index (χ4v) is 2.16. The van der Waals surface area contributed by atoms with Gasteiger partial charge in [-0.15, -0.1) is 0 Å². The van der Waals surface area contributed by atoms with E-state index in [1.807, 2.05) is 26.8 Å². The smallest absolute Gasteiger partial charge is 0.340 e. The van der Waals surface area contributed by atoms with E-state index in [-0.39, 0.29) is 17.7 Å². The second kappa shape index (κ2) is 8.00. The number of nitriles is 1. The van der Waals surface area contributed by atoms with Crippen LogP contribution in [-0.2, 0) is 17.4 Å². The third kappa shape index (κ3) is 5.59. The van der Waals surface area contributed by atoms with Gasteiger partial charge in [0.05, 0.1) is 11.6 Å². The molecule has 0 saturated heterocycles. The summed E-state index contributed by atoms with van der Waals surface area (Å²) in [5, 5.41) is 11.7. The Kier molecular flexibility index (Phi) is 6.62. The molecule has 0 aliphatic heterocycles. The van der Waals surface area contributed by atoms with Crippen molar-refractivity contribution in [2.45, 2.75) is 45.8 Å². The quantitative estimate of drug-likeness (QED) is 0.861. The lowest BCUT2D eigenvalue weighted by molar-refractivity contribution is -0.137. The van der Waals surface area contributed by atoms with E-state index in [0.717, 1.165) is 12.1 Å². The number of carbonyl (C=O) groups is 1. The van der Waals surface area contributed by atoms with Gasteiger partial charge in [0.1, 0.15) is 6.04 Å². The van der Waals surface area contributed by atoms with E-state index in [4.69, 9.17) is 5.26 Å². The first-order chi connectivity index (χ1) is 10.7. The van der Waals surface area contributed by atoms with Gasteiger partial charge in [-0.1, -0.05) is 32.9 Å². The summed E-state index contributed by atoms with van der Waals surface area (Å²) in [7, 11) is 0. The van der Waals surface area contributed by atoms with Crippen LogP contribution in [0.5, 0.6) is 0 Å². The number of hydrogen-bond acceptors (Lipinski definition) is 2. The van der Waals surface area contributed by atoms with E-state index in [9.17, 15) is 18.0 Å². The lowest BCUT2D eigenvalue weighted by atomic mass is 9.94. The topological polar surface area (TPSA) is 52.9 Å². The van der Waals surface area contributed by atoms with E-state index in [0.29, 0.717) is 18.4 Å². The predicted molar refractivity (Wildman–Crippen MR) is 81.3 cm³/mol. The summed E-state index contributed by atoms with van der Waals surface area (Å²) in [5.74, 6) is -0.624. The van der Waals surface area contributed by atoms with Gasteiger partial charge in [-0.3, -0.25) is 4.79 Å². The van der Waals surface area contributed by atoms with Gasteiger partial charge in [0.2, 0.25) is 5.91 Å². The number of amides is 1. The van der Waals surface area contributed by atoms with E-state index in [2.05, 4.69) is 5.32 Å². The Morgan fingerprint density at radius 2 is 1.83 bits per heavy atom. The fraction of sp³-hybridized carbons (Fsp3) is 0.529. The van der Waals surface area contributed by atoms with Crippen LogP contribution in [0.3, 0.4) is 0 Å². The summed E-state index contributed by atoms with van der Waals surface area (Å²) in [6, 6.07) is 6.30. The Morgan fingerprint density at radius 1 is 1.26 bits per heavy atom. The molecule has 1 amide bonds. The predicted octanol–water partition coefficient (Wildman–Crippen LogP) is 3.94. The van der Waals surface area contributed by atoms with Crippen molar-refractivity contribution < 1.29 is 18.0 Å². The summed E-state index contributed by atoms with van der Waals surface area (Å²) in [5.41, 5.74) is -0.0406. The van der Waals surface area contributed by atoms with Gasteiger partial charge in [0.25, 0.3) is 0 Å². The Hall–Kier alpha value is -2.03. The number of carbonyl (C=O) groups excluding carboxylic acids is 1. The lowest BCUT2D eigenvalue weighted by Gasteiger charge is -2.20. The molecule has 3 nitrogen and oxygen atoms in total. The van der Waals surface area contributed by atoms with Crippen LogP contribution in [0.1, 0.15) is 38.3 Å². The highest BCUT2D eigenvalue weighted by atomic mass is 19.4. The maximum atomic E-state index is 12.5. The van der Waals surface area contributed by atoms with Gasteiger partial charge in [-0.2, -0.15) is 18.4 Å². The Morgan fingerprint density at radius 3 is 2.22 bits per heavy atom. The molecule has 0 heterocycles. The van der Waals surface area contributed by atoms with Crippen LogP contribution >= 0.6 is 0 Å². The van der Waals surface area contributed by atoms with Crippen molar-refractivity contribution in [3.63, 3.8) is 0 Å². The molecule has 2 atom stereocenters. The molecular formula is C17H21F3N2O. The number of nitrogens with one attached hydrogen (secondary N) is 1. The maximum absolute atomic E-state index is 12.5. The van der Waals surface area contributed by atoms with Gasteiger partial charge >= 0.3 is 6.18 Å². The van der Waals surface area contributed by atoms with Gasteiger partial charge in [-0.05, 0) is 36.5 Å². The highest BCUT2D eigenvalue weighted by molar-refractivity contribution is 5.79. The van der Waals surface area contributed by atoms with Crippen molar-refractivity contribution >= 4 is 5.91 Å². The second-order valence-electron chi connectivity index (χ2n) is 5.86. The van der Waals surface area contributed by atoms with Crippen LogP contribution in [0.4, 0.5) is 13.2 Å². The van der Waals surface area contributed by atoms with Crippen LogP contribution in [0.2, 0.25) is 0 Å². The first-order valence-electron chi connectivity index (χ1n) is 7.55. The van der Waals surface area contributed by atoms with Crippen molar-refractivity contribution in [2.75, 3.05) is 0 Å². The summed E-state index contributed by atoms with van der Waals surface area (Å²) >= 11 is 0. The molecule has 1 unspecified atom stereocenters. The molecule has 0 saturated carbocycles. The van der Waals surface area contributed by atoms with Crippen LogP contribution in [0, 0.1) is 23.2 Å². The molecule has 0 fully saturated rings. The molecule has 1 aromatic rings. The molecule has 23 heavy (non-hydrogen) atoms. The number of benzene rings is 1. The van der Waals surface area contributed by atoms with Crippen molar-refractivity contribution in [3.8, 4) is 6.07 Å². The SMILES string of the molecule is CCC(Cc1ccc(C(F)(F)F)cc1)C(=O)N[C@H](C#N)C(C)C. The molecular weight excluding hydrogens is 305 g/mol. The Labute approximate surface area is 134 Å². The van der Waals surface area contributed by atoms with Gasteiger partial charge in [-0.25, -0.2) is 0 Å². The van der Waals surface area contributed by atoms with Crippen molar-refractivity contribution in [1.29, 1.82) is 5.26 Å². The molecule has 6 heteroatoms. The van der Waals surface area contributed by atoms with Crippen LogP contribution in [0.25, 0.3) is 0 Å². The van der Waals surface area contributed by atoms with Crippen LogP contribution in [-0.4, -0.2) is 11.9 Å². The third-order valence-corrected chi connectivity index (χ3v) is 3.73. The summed E-state index contributed by atoms with van der Waals surface area (Å²) in [4.78, 5) is 12.2. The number of nitrogens with zero attached hydrogens (tertiary/aromatic N) is 1. The summed E-state index contributed by atoms with van der Waals surface area (Å²) < 4.78 is 37.6. The average molecular weight is 326 g/mol. The molecule has 1 N–H and O–H groups in total. The average Bonchev–Trinajstić information content (AvgIpc) is 2.49. The number of halogens is 3. The maximum Gasteiger partial charge on any atom is 0.416 e. The largest absolute Gasteiger partial charge is 0.416 e. The first kappa shape index (κ1) is 19.0. The number of alkyl halides is 3. The molecule has 0 aliphatic rings. The minimum absolute atomic E-state index is 0.00692. The number of hydrogen-bond donors (Lipinski definition) is 1. The Balaban J connectivity index is 2.76. The zero-order chi connectivity index (χ0) is 17.6. The molecule has 0 bridgehead atoms. The second-order valence-corrected chi connectivity index (χ2v) is 5.86. The van der Waals surface area contributed by atoms with Gasteiger partial charge in [0, 0.05) is 5.92 Å². The summed E-state index contributed by atoms with van der Waals surface area (Å²) in [6.07, 6.45) is -3.48.